The first-order chi connectivity index (χ1) is 9.20. The van der Waals surface area contributed by atoms with Gasteiger partial charge in [0.15, 0.2) is 0 Å². The second kappa shape index (κ2) is 4.97. The predicted octanol–water partition coefficient (Wildman–Crippen LogP) is 2.97. The number of carbonyl (C=O) groups is 1. The Labute approximate surface area is 114 Å². The summed E-state index contributed by atoms with van der Waals surface area (Å²) in [5.74, 6) is 1.80. The van der Waals surface area contributed by atoms with Gasteiger partial charge in [0.25, 0.3) is 0 Å². The standard InChI is InChI=1S/C13H13N3O2S/c1-8-2-5-10(18-8)6-7-11(17)14-13-16-15-12(19-13)9-3-4-9/h2,5-7,9H,3-4H2,1H3,(H,14,16,17)/b7-6+. The molecular weight excluding hydrogens is 262 g/mol. The predicted molar refractivity (Wildman–Crippen MR) is 73.0 cm³/mol. The minimum Gasteiger partial charge on any atom is -0.462 e. The van der Waals surface area contributed by atoms with Crippen LogP contribution in [0.25, 0.3) is 6.08 Å². The minimum absolute atomic E-state index is 0.229. The molecule has 2 aromatic heterocycles. The third-order valence-corrected chi connectivity index (χ3v) is 3.76. The quantitative estimate of drug-likeness (QED) is 0.871. The maximum Gasteiger partial charge on any atom is 0.250 e. The molecule has 3 rings (SSSR count). The molecule has 2 heterocycles. The summed E-state index contributed by atoms with van der Waals surface area (Å²) in [5, 5.41) is 12.3. The lowest BCUT2D eigenvalue weighted by Crippen LogP contribution is -2.07. The fourth-order valence-electron chi connectivity index (χ4n) is 1.63. The number of carbonyl (C=O) groups excluding carboxylic acids is 1. The summed E-state index contributed by atoms with van der Waals surface area (Å²) in [6, 6.07) is 3.67. The van der Waals surface area contributed by atoms with Crippen molar-refractivity contribution >= 4 is 28.5 Å². The van der Waals surface area contributed by atoms with Crippen LogP contribution < -0.4 is 5.32 Å². The van der Waals surface area contributed by atoms with Crippen LogP contribution in [0.2, 0.25) is 0 Å². The third kappa shape index (κ3) is 3.08. The van der Waals surface area contributed by atoms with Crippen LogP contribution in [0.15, 0.2) is 22.6 Å². The Bertz CT molecular complexity index is 625. The van der Waals surface area contributed by atoms with E-state index in [0.29, 0.717) is 16.8 Å². The molecule has 0 radical (unpaired) electrons. The Kier molecular flexibility index (Phi) is 3.16. The Hall–Kier alpha value is -1.95. The van der Waals surface area contributed by atoms with Crippen molar-refractivity contribution in [2.75, 3.05) is 5.32 Å². The van der Waals surface area contributed by atoms with Crippen LogP contribution in [0.5, 0.6) is 0 Å². The van der Waals surface area contributed by atoms with Crippen molar-refractivity contribution in [3.8, 4) is 0 Å². The lowest BCUT2D eigenvalue weighted by atomic mass is 10.4. The number of amides is 1. The number of aryl methyl sites for hydroxylation is 1. The van der Waals surface area contributed by atoms with Crippen LogP contribution in [0, 0.1) is 6.92 Å². The molecule has 1 N–H and O–H groups in total. The Morgan fingerprint density at radius 1 is 1.47 bits per heavy atom. The van der Waals surface area contributed by atoms with Crippen molar-refractivity contribution < 1.29 is 9.21 Å². The summed E-state index contributed by atoms with van der Waals surface area (Å²) in [7, 11) is 0. The monoisotopic (exact) mass is 275 g/mol. The molecule has 0 spiro atoms. The fraction of sp³-hybridized carbons (Fsp3) is 0.308. The molecular formula is C13H13N3O2S. The number of nitrogens with one attached hydrogen (secondary N) is 1. The molecule has 0 bridgehead atoms. The summed E-state index contributed by atoms with van der Waals surface area (Å²) >= 11 is 1.45. The molecule has 1 fully saturated rings. The zero-order valence-electron chi connectivity index (χ0n) is 10.4. The average molecular weight is 275 g/mol. The van der Waals surface area contributed by atoms with E-state index in [1.165, 1.54) is 30.3 Å². The SMILES string of the molecule is Cc1ccc(/C=C/C(=O)Nc2nnc(C3CC3)s2)o1. The van der Waals surface area contributed by atoms with Crippen molar-refractivity contribution in [3.63, 3.8) is 0 Å². The highest BCUT2D eigenvalue weighted by molar-refractivity contribution is 7.15. The van der Waals surface area contributed by atoms with Crippen LogP contribution in [0.1, 0.15) is 35.3 Å². The molecule has 2 aromatic rings. The van der Waals surface area contributed by atoms with Gasteiger partial charge in [0.1, 0.15) is 16.5 Å². The lowest BCUT2D eigenvalue weighted by Gasteiger charge is -1.93. The van der Waals surface area contributed by atoms with Crippen LogP contribution in [0.3, 0.4) is 0 Å². The molecule has 98 valence electrons. The van der Waals surface area contributed by atoms with Gasteiger partial charge in [0.2, 0.25) is 11.0 Å². The van der Waals surface area contributed by atoms with Crippen LogP contribution >= 0.6 is 11.3 Å². The molecule has 5 nitrogen and oxygen atoms in total. The summed E-state index contributed by atoms with van der Waals surface area (Å²) in [6.45, 7) is 1.86. The smallest absolute Gasteiger partial charge is 0.250 e. The average Bonchev–Trinajstić information content (AvgIpc) is 3.00. The van der Waals surface area contributed by atoms with E-state index in [0.717, 1.165) is 10.8 Å². The first-order valence-corrected chi connectivity index (χ1v) is 6.91. The van der Waals surface area contributed by atoms with Gasteiger partial charge in [-0.15, -0.1) is 10.2 Å². The van der Waals surface area contributed by atoms with E-state index in [-0.39, 0.29) is 5.91 Å². The minimum atomic E-state index is -0.229. The molecule has 6 heteroatoms. The van der Waals surface area contributed by atoms with E-state index >= 15 is 0 Å². The normalized spacial score (nSPS) is 15.0. The molecule has 0 aromatic carbocycles. The van der Waals surface area contributed by atoms with E-state index in [2.05, 4.69) is 15.5 Å². The fourth-order valence-corrected chi connectivity index (χ4v) is 2.54. The number of anilines is 1. The van der Waals surface area contributed by atoms with E-state index in [4.69, 9.17) is 4.42 Å². The molecule has 0 unspecified atom stereocenters. The number of nitrogens with zero attached hydrogens (tertiary/aromatic N) is 2. The second-order valence-electron chi connectivity index (χ2n) is 4.49. The van der Waals surface area contributed by atoms with Crippen molar-refractivity contribution in [3.05, 3.63) is 34.7 Å². The van der Waals surface area contributed by atoms with E-state index in [9.17, 15) is 4.79 Å². The van der Waals surface area contributed by atoms with Gasteiger partial charge in [-0.05, 0) is 38.0 Å². The Balaban J connectivity index is 1.59. The summed E-state index contributed by atoms with van der Waals surface area (Å²) in [6.07, 6.45) is 5.42. The first kappa shape index (κ1) is 12.1. The number of furan rings is 1. The number of rotatable bonds is 4. The number of aromatic nitrogens is 2. The summed E-state index contributed by atoms with van der Waals surface area (Å²) < 4.78 is 5.34. The highest BCUT2D eigenvalue weighted by Crippen LogP contribution is 2.41. The summed E-state index contributed by atoms with van der Waals surface area (Å²) in [4.78, 5) is 11.7. The van der Waals surface area contributed by atoms with Gasteiger partial charge in [-0.1, -0.05) is 11.3 Å². The van der Waals surface area contributed by atoms with Crippen LogP contribution in [0.4, 0.5) is 5.13 Å². The molecule has 0 saturated heterocycles. The highest BCUT2D eigenvalue weighted by atomic mass is 32.1. The molecule has 1 aliphatic rings. The topological polar surface area (TPSA) is 68.0 Å². The van der Waals surface area contributed by atoms with E-state index in [1.54, 1.807) is 6.08 Å². The molecule has 1 amide bonds. The summed E-state index contributed by atoms with van der Waals surface area (Å²) in [5.41, 5.74) is 0. The van der Waals surface area contributed by atoms with Crippen LogP contribution in [-0.2, 0) is 4.79 Å². The van der Waals surface area contributed by atoms with Gasteiger partial charge >= 0.3 is 0 Å². The first-order valence-electron chi connectivity index (χ1n) is 6.09. The number of hydrogen-bond acceptors (Lipinski definition) is 5. The molecule has 1 aliphatic carbocycles. The lowest BCUT2D eigenvalue weighted by molar-refractivity contribution is -0.111. The largest absolute Gasteiger partial charge is 0.462 e. The number of hydrogen-bond donors (Lipinski definition) is 1. The zero-order valence-corrected chi connectivity index (χ0v) is 11.2. The van der Waals surface area contributed by atoms with Gasteiger partial charge in [-0.3, -0.25) is 10.1 Å². The third-order valence-electron chi connectivity index (χ3n) is 2.76. The van der Waals surface area contributed by atoms with Crippen molar-refractivity contribution in [2.24, 2.45) is 0 Å². The van der Waals surface area contributed by atoms with Crippen molar-refractivity contribution in [2.45, 2.75) is 25.7 Å². The van der Waals surface area contributed by atoms with E-state index in [1.807, 2.05) is 19.1 Å². The zero-order chi connectivity index (χ0) is 13.2. The molecule has 0 atom stereocenters. The van der Waals surface area contributed by atoms with Gasteiger partial charge in [-0.2, -0.15) is 0 Å². The molecule has 0 aliphatic heterocycles. The maximum absolute atomic E-state index is 11.7. The molecule has 19 heavy (non-hydrogen) atoms. The molecule has 1 saturated carbocycles. The van der Waals surface area contributed by atoms with Crippen LogP contribution in [-0.4, -0.2) is 16.1 Å². The Morgan fingerprint density at radius 2 is 2.32 bits per heavy atom. The van der Waals surface area contributed by atoms with E-state index < -0.39 is 0 Å². The van der Waals surface area contributed by atoms with Gasteiger partial charge in [0.05, 0.1) is 0 Å². The maximum atomic E-state index is 11.7. The second-order valence-corrected chi connectivity index (χ2v) is 5.50. The van der Waals surface area contributed by atoms with Crippen molar-refractivity contribution in [1.29, 1.82) is 0 Å². The van der Waals surface area contributed by atoms with Gasteiger partial charge < -0.3 is 4.42 Å². The van der Waals surface area contributed by atoms with Crippen molar-refractivity contribution in [1.82, 2.24) is 10.2 Å². The highest BCUT2D eigenvalue weighted by Gasteiger charge is 2.27. The van der Waals surface area contributed by atoms with Gasteiger partial charge in [0, 0.05) is 12.0 Å². The Morgan fingerprint density at radius 3 is 3.00 bits per heavy atom. The van der Waals surface area contributed by atoms with Gasteiger partial charge in [-0.25, -0.2) is 0 Å².